The molecule has 19 heavy (non-hydrogen) atoms. The number of halogens is 1. The molecule has 0 radical (unpaired) electrons. The summed E-state index contributed by atoms with van der Waals surface area (Å²) >= 11 is 3.55. The van der Waals surface area contributed by atoms with Crippen molar-refractivity contribution in [1.82, 2.24) is 10.4 Å². The molecule has 1 aromatic heterocycles. The van der Waals surface area contributed by atoms with Gasteiger partial charge >= 0.3 is 0 Å². The summed E-state index contributed by atoms with van der Waals surface area (Å²) in [5.74, 6) is 6.18. The Balaban J connectivity index is 2.07. The average Bonchev–Trinajstić information content (AvgIpc) is 2.40. The maximum atomic E-state index is 5.68. The van der Waals surface area contributed by atoms with Crippen LogP contribution in [0.15, 0.2) is 47.1 Å². The van der Waals surface area contributed by atoms with Crippen molar-refractivity contribution >= 4 is 21.7 Å². The third-order valence-corrected chi connectivity index (χ3v) is 3.76. The fourth-order valence-corrected chi connectivity index (χ4v) is 2.47. The van der Waals surface area contributed by atoms with Crippen LogP contribution in [0, 0.1) is 0 Å². The van der Waals surface area contributed by atoms with E-state index in [9.17, 15) is 0 Å². The average molecular weight is 321 g/mol. The molecule has 1 heterocycles. The fraction of sp³-hybridized carbons (Fsp3) is 0.214. The highest BCUT2D eigenvalue weighted by Crippen LogP contribution is 2.18. The summed E-state index contributed by atoms with van der Waals surface area (Å²) in [6.07, 6.45) is 3.38. The number of nitrogens with zero attached hydrogens (tertiary/aromatic N) is 1. The van der Waals surface area contributed by atoms with E-state index in [0.29, 0.717) is 5.82 Å². The Bertz CT molecular complexity index is 544. The van der Waals surface area contributed by atoms with E-state index in [1.165, 1.54) is 5.56 Å². The number of hydrogen-bond acceptors (Lipinski definition) is 4. The molecule has 100 valence electrons. The normalized spacial score (nSPS) is 12.3. The number of pyridine rings is 1. The monoisotopic (exact) mass is 320 g/mol. The Hall–Kier alpha value is -1.43. The number of nitrogen functional groups attached to an aromatic ring is 1. The van der Waals surface area contributed by atoms with Gasteiger partial charge in [0.25, 0.3) is 0 Å². The molecule has 0 fully saturated rings. The van der Waals surface area contributed by atoms with Gasteiger partial charge in [-0.2, -0.15) is 0 Å². The van der Waals surface area contributed by atoms with Crippen molar-refractivity contribution in [2.24, 2.45) is 5.84 Å². The summed E-state index contributed by atoms with van der Waals surface area (Å²) in [4.78, 5) is 3.99. The summed E-state index contributed by atoms with van der Waals surface area (Å²) in [6, 6.07) is 12.1. The Labute approximate surface area is 121 Å². The fourth-order valence-electron chi connectivity index (χ4n) is 2.03. The second kappa shape index (κ2) is 6.65. The molecule has 0 bridgehead atoms. The molecule has 0 amide bonds. The van der Waals surface area contributed by atoms with Gasteiger partial charge in [-0.15, -0.1) is 0 Å². The van der Waals surface area contributed by atoms with E-state index in [-0.39, 0.29) is 6.04 Å². The first-order valence-corrected chi connectivity index (χ1v) is 6.88. The second-order valence-electron chi connectivity index (χ2n) is 4.45. The predicted octanol–water partition coefficient (Wildman–Crippen LogP) is 2.04. The van der Waals surface area contributed by atoms with Crippen LogP contribution in [0.2, 0.25) is 0 Å². The zero-order valence-corrected chi connectivity index (χ0v) is 12.1. The number of benzene rings is 1. The number of aromatic nitrogens is 1. The van der Waals surface area contributed by atoms with Gasteiger partial charge in [0.2, 0.25) is 0 Å². The summed E-state index contributed by atoms with van der Waals surface area (Å²) < 4.78 is 1.10. The maximum Gasteiger partial charge on any atom is 0.123 e. The van der Waals surface area contributed by atoms with Crippen LogP contribution in [-0.2, 0) is 12.8 Å². The first-order chi connectivity index (χ1) is 9.19. The quantitative estimate of drug-likeness (QED) is 0.582. The Morgan fingerprint density at radius 3 is 2.68 bits per heavy atom. The molecule has 1 unspecified atom stereocenters. The number of anilines is 1. The molecule has 0 spiro atoms. The Kier molecular flexibility index (Phi) is 4.90. The third kappa shape index (κ3) is 4.02. The van der Waals surface area contributed by atoms with Crippen molar-refractivity contribution in [2.75, 3.05) is 5.73 Å². The summed E-state index contributed by atoms with van der Waals surface area (Å²) in [7, 11) is 0. The van der Waals surface area contributed by atoms with E-state index in [2.05, 4.69) is 32.4 Å². The van der Waals surface area contributed by atoms with Crippen molar-refractivity contribution in [3.05, 3.63) is 58.2 Å². The van der Waals surface area contributed by atoms with Gasteiger partial charge in [0.1, 0.15) is 5.82 Å². The predicted molar refractivity (Wildman–Crippen MR) is 81.3 cm³/mol. The summed E-state index contributed by atoms with van der Waals surface area (Å²) in [6.45, 7) is 0. The maximum absolute atomic E-state index is 5.68. The molecule has 0 saturated carbocycles. The van der Waals surface area contributed by atoms with Crippen LogP contribution in [0.4, 0.5) is 5.82 Å². The number of hydrazine groups is 1. The highest BCUT2D eigenvalue weighted by Gasteiger charge is 2.11. The molecule has 1 atom stereocenters. The van der Waals surface area contributed by atoms with Crippen molar-refractivity contribution in [3.63, 3.8) is 0 Å². The lowest BCUT2D eigenvalue weighted by molar-refractivity contribution is 0.522. The van der Waals surface area contributed by atoms with Crippen LogP contribution in [-0.4, -0.2) is 11.0 Å². The van der Waals surface area contributed by atoms with Gasteiger partial charge in [0.15, 0.2) is 0 Å². The highest BCUT2D eigenvalue weighted by atomic mass is 79.9. The van der Waals surface area contributed by atoms with E-state index >= 15 is 0 Å². The van der Waals surface area contributed by atoms with E-state index in [1.54, 1.807) is 6.20 Å². The van der Waals surface area contributed by atoms with Crippen LogP contribution in [0.5, 0.6) is 0 Å². The van der Waals surface area contributed by atoms with Gasteiger partial charge in [-0.3, -0.25) is 11.3 Å². The van der Waals surface area contributed by atoms with Crippen molar-refractivity contribution in [1.29, 1.82) is 0 Å². The number of hydrogen-bond donors (Lipinski definition) is 3. The number of rotatable bonds is 5. The van der Waals surface area contributed by atoms with Crippen molar-refractivity contribution in [2.45, 2.75) is 18.9 Å². The summed E-state index contributed by atoms with van der Waals surface area (Å²) in [5, 5.41) is 0. The first-order valence-electron chi connectivity index (χ1n) is 6.09. The molecular weight excluding hydrogens is 304 g/mol. The molecule has 1 aromatic carbocycles. The summed E-state index contributed by atoms with van der Waals surface area (Å²) in [5.41, 5.74) is 10.9. The molecule has 4 nitrogen and oxygen atoms in total. The second-order valence-corrected chi connectivity index (χ2v) is 5.31. The van der Waals surface area contributed by atoms with Gasteiger partial charge in [-0.1, -0.05) is 34.1 Å². The smallest absolute Gasteiger partial charge is 0.123 e. The SMILES string of the molecule is NNC(Cc1ccnc(N)c1)Cc1ccccc1Br. The Morgan fingerprint density at radius 1 is 1.21 bits per heavy atom. The lowest BCUT2D eigenvalue weighted by atomic mass is 10.00. The van der Waals surface area contributed by atoms with Crippen LogP contribution in [0.3, 0.4) is 0 Å². The van der Waals surface area contributed by atoms with Crippen molar-refractivity contribution in [3.8, 4) is 0 Å². The van der Waals surface area contributed by atoms with E-state index in [1.807, 2.05) is 30.3 Å². The van der Waals surface area contributed by atoms with Gasteiger partial charge in [-0.05, 0) is 42.2 Å². The molecule has 0 aliphatic carbocycles. The zero-order valence-electron chi connectivity index (χ0n) is 10.5. The van der Waals surface area contributed by atoms with E-state index in [4.69, 9.17) is 11.6 Å². The van der Waals surface area contributed by atoms with Gasteiger partial charge in [0.05, 0.1) is 0 Å². The van der Waals surface area contributed by atoms with Crippen LogP contribution in [0.1, 0.15) is 11.1 Å². The molecule has 2 aromatic rings. The molecule has 0 aliphatic heterocycles. The lowest BCUT2D eigenvalue weighted by Crippen LogP contribution is -2.38. The molecule has 5 N–H and O–H groups in total. The number of nitrogens with two attached hydrogens (primary N) is 2. The number of nitrogens with one attached hydrogen (secondary N) is 1. The molecular formula is C14H17BrN4. The van der Waals surface area contributed by atoms with Crippen LogP contribution < -0.4 is 17.0 Å². The molecule has 0 aliphatic rings. The topological polar surface area (TPSA) is 77.0 Å². The van der Waals surface area contributed by atoms with Gasteiger partial charge in [-0.25, -0.2) is 4.98 Å². The first kappa shape index (κ1) is 14.0. The largest absolute Gasteiger partial charge is 0.384 e. The molecule has 2 rings (SSSR count). The van der Waals surface area contributed by atoms with Gasteiger partial charge < -0.3 is 5.73 Å². The minimum Gasteiger partial charge on any atom is -0.384 e. The molecule has 0 saturated heterocycles. The minimum absolute atomic E-state index is 0.153. The van der Waals surface area contributed by atoms with E-state index in [0.717, 1.165) is 22.9 Å². The van der Waals surface area contributed by atoms with Gasteiger partial charge in [0, 0.05) is 16.7 Å². The standard InChI is InChI=1S/C14H17BrN4/c15-13-4-2-1-3-11(13)9-12(19-17)7-10-5-6-18-14(16)8-10/h1-6,8,12,19H,7,9,17H2,(H2,16,18). The Morgan fingerprint density at radius 2 is 2.00 bits per heavy atom. The van der Waals surface area contributed by atoms with Crippen LogP contribution >= 0.6 is 15.9 Å². The minimum atomic E-state index is 0.153. The highest BCUT2D eigenvalue weighted by molar-refractivity contribution is 9.10. The third-order valence-electron chi connectivity index (χ3n) is 2.99. The van der Waals surface area contributed by atoms with Crippen LogP contribution in [0.25, 0.3) is 0 Å². The van der Waals surface area contributed by atoms with Crippen molar-refractivity contribution < 1.29 is 0 Å². The molecule has 5 heteroatoms. The van der Waals surface area contributed by atoms with E-state index < -0.39 is 0 Å². The lowest BCUT2D eigenvalue weighted by Gasteiger charge is -2.17. The zero-order chi connectivity index (χ0) is 13.7.